The Bertz CT molecular complexity index is 951. The first kappa shape index (κ1) is 23.1. The topological polar surface area (TPSA) is 32.3 Å². The largest absolute Gasteiger partial charge is 0.388 e. The Morgan fingerprint density at radius 3 is 2.74 bits per heavy atom. The predicted molar refractivity (Wildman–Crippen MR) is 131 cm³/mol. The summed E-state index contributed by atoms with van der Waals surface area (Å²) in [6.45, 7) is 12.1. The number of hydrogen-bond donors (Lipinski definition) is 1. The smallest absolute Gasteiger partial charge is 0.232 e. The van der Waals surface area contributed by atoms with Crippen LogP contribution in [0.3, 0.4) is 0 Å². The summed E-state index contributed by atoms with van der Waals surface area (Å²) in [5.74, 6) is 0.0153. The van der Waals surface area contributed by atoms with Gasteiger partial charge in [0.25, 0.3) is 0 Å². The van der Waals surface area contributed by atoms with Crippen LogP contribution in [0.4, 0.5) is 0 Å². The van der Waals surface area contributed by atoms with E-state index in [0.717, 1.165) is 43.1 Å². The quantitative estimate of drug-likeness (QED) is 0.483. The zero-order chi connectivity index (χ0) is 22.4. The van der Waals surface area contributed by atoms with E-state index in [2.05, 4.69) is 56.9 Å². The van der Waals surface area contributed by atoms with Gasteiger partial charge in [0.1, 0.15) is 0 Å². The van der Waals surface area contributed by atoms with E-state index in [1.54, 1.807) is 0 Å². The van der Waals surface area contributed by atoms with E-state index in [1.807, 2.05) is 35.2 Å². The van der Waals surface area contributed by atoms with Crippen molar-refractivity contribution in [1.82, 2.24) is 10.2 Å². The Morgan fingerprint density at radius 2 is 2.03 bits per heavy atom. The normalized spacial score (nSPS) is 17.7. The van der Waals surface area contributed by atoms with Gasteiger partial charge in [0, 0.05) is 23.8 Å². The number of carbonyl (C=O) groups is 1. The van der Waals surface area contributed by atoms with Gasteiger partial charge in [0.2, 0.25) is 5.91 Å². The average molecular weight is 437 g/mol. The molecule has 0 aromatic heterocycles. The van der Waals surface area contributed by atoms with Crippen molar-refractivity contribution < 1.29 is 4.79 Å². The highest BCUT2D eigenvalue weighted by Crippen LogP contribution is 2.31. The minimum absolute atomic E-state index is 0.0800. The number of halogens is 1. The fourth-order valence-electron chi connectivity index (χ4n) is 4.34. The molecule has 4 heteroatoms. The number of carbonyl (C=O) groups excluding carboxylic acids is 1. The first-order valence-electron chi connectivity index (χ1n) is 11.2. The van der Waals surface area contributed by atoms with Gasteiger partial charge in [-0.1, -0.05) is 67.6 Å². The maximum Gasteiger partial charge on any atom is 0.232 e. The molecule has 0 aliphatic carbocycles. The Labute approximate surface area is 191 Å². The highest BCUT2D eigenvalue weighted by molar-refractivity contribution is 6.30. The van der Waals surface area contributed by atoms with E-state index in [0.29, 0.717) is 0 Å². The average Bonchev–Trinajstić information content (AvgIpc) is 3.16. The molecule has 2 atom stereocenters. The number of nitrogens with zero attached hydrogens (tertiary/aromatic N) is 1. The maximum absolute atomic E-state index is 13.1. The highest BCUT2D eigenvalue weighted by Gasteiger charge is 2.36. The SMILES string of the molecule is C=C(NCC/C(=C/CC)c1cc(Cl)ccc1C)C1CCN(C(C)c2ccccc2)C1=O. The molecule has 1 aliphatic heterocycles. The van der Waals surface area contributed by atoms with Crippen LogP contribution >= 0.6 is 11.6 Å². The molecule has 1 N–H and O–H groups in total. The number of nitrogens with one attached hydrogen (secondary N) is 1. The summed E-state index contributed by atoms with van der Waals surface area (Å²) in [6.07, 6.45) is 4.90. The van der Waals surface area contributed by atoms with Gasteiger partial charge >= 0.3 is 0 Å². The van der Waals surface area contributed by atoms with Crippen LogP contribution in [0.2, 0.25) is 5.02 Å². The minimum Gasteiger partial charge on any atom is -0.388 e. The third-order valence-corrected chi connectivity index (χ3v) is 6.39. The van der Waals surface area contributed by atoms with Crippen LogP contribution in [0, 0.1) is 12.8 Å². The summed E-state index contributed by atoms with van der Waals surface area (Å²) in [4.78, 5) is 15.0. The molecule has 3 rings (SSSR count). The van der Waals surface area contributed by atoms with E-state index in [4.69, 9.17) is 11.6 Å². The van der Waals surface area contributed by atoms with Gasteiger partial charge in [-0.3, -0.25) is 4.79 Å². The fraction of sp³-hybridized carbons (Fsp3) is 0.370. The lowest BCUT2D eigenvalue weighted by atomic mass is 9.97. The standard InChI is InChI=1S/C27H33ClN2O/c1-5-9-23(26-18-24(28)13-12-19(26)2)14-16-29-20(3)25-15-17-30(27(25)31)21(4)22-10-7-6-8-11-22/h6-13,18,21,25,29H,3,5,14-17H2,1-2,4H3/b23-9-. The second-order valence-electron chi connectivity index (χ2n) is 8.26. The molecule has 3 nitrogen and oxygen atoms in total. The van der Waals surface area contributed by atoms with Gasteiger partial charge in [-0.25, -0.2) is 0 Å². The molecule has 0 bridgehead atoms. The summed E-state index contributed by atoms with van der Waals surface area (Å²) >= 11 is 6.23. The first-order valence-corrected chi connectivity index (χ1v) is 11.5. The number of hydrogen-bond acceptors (Lipinski definition) is 2. The zero-order valence-corrected chi connectivity index (χ0v) is 19.6. The molecule has 0 saturated carbocycles. The molecule has 2 aromatic rings. The summed E-state index contributed by atoms with van der Waals surface area (Å²) in [7, 11) is 0. The molecule has 2 aromatic carbocycles. The second kappa shape index (κ2) is 10.7. The lowest BCUT2D eigenvalue weighted by Gasteiger charge is -2.25. The van der Waals surface area contributed by atoms with Gasteiger partial charge in [-0.2, -0.15) is 0 Å². The molecule has 1 fully saturated rings. The summed E-state index contributed by atoms with van der Waals surface area (Å²) < 4.78 is 0. The van der Waals surface area contributed by atoms with Crippen molar-refractivity contribution in [2.24, 2.45) is 5.92 Å². The molecule has 31 heavy (non-hydrogen) atoms. The van der Waals surface area contributed by atoms with Crippen molar-refractivity contribution >= 4 is 23.1 Å². The molecule has 2 unspecified atom stereocenters. The third-order valence-electron chi connectivity index (χ3n) is 6.15. The monoisotopic (exact) mass is 436 g/mol. The van der Waals surface area contributed by atoms with E-state index in [9.17, 15) is 4.79 Å². The lowest BCUT2D eigenvalue weighted by Crippen LogP contribution is -2.32. The Kier molecular flexibility index (Phi) is 7.97. The number of likely N-dealkylation sites (tertiary alicyclic amines) is 1. The molecule has 164 valence electrons. The van der Waals surface area contributed by atoms with E-state index >= 15 is 0 Å². The minimum atomic E-state index is -0.155. The van der Waals surface area contributed by atoms with Gasteiger partial charge in [-0.05, 0) is 67.5 Å². The van der Waals surface area contributed by atoms with Crippen molar-refractivity contribution in [3.63, 3.8) is 0 Å². The Morgan fingerprint density at radius 1 is 1.29 bits per heavy atom. The summed E-state index contributed by atoms with van der Waals surface area (Å²) in [6, 6.07) is 16.3. The predicted octanol–water partition coefficient (Wildman–Crippen LogP) is 6.54. The second-order valence-corrected chi connectivity index (χ2v) is 8.69. The number of amides is 1. The van der Waals surface area contributed by atoms with Crippen LogP contribution in [0.1, 0.15) is 55.8 Å². The van der Waals surface area contributed by atoms with Crippen LogP contribution in [-0.4, -0.2) is 23.9 Å². The molecular formula is C27H33ClN2O. The van der Waals surface area contributed by atoms with Crippen molar-refractivity contribution in [3.05, 3.63) is 88.6 Å². The molecule has 1 heterocycles. The number of benzene rings is 2. The Hall–Kier alpha value is -2.52. The summed E-state index contributed by atoms with van der Waals surface area (Å²) in [5.41, 5.74) is 5.69. The van der Waals surface area contributed by atoms with Gasteiger partial charge in [0.05, 0.1) is 12.0 Å². The van der Waals surface area contributed by atoms with Crippen molar-refractivity contribution in [2.75, 3.05) is 13.1 Å². The van der Waals surface area contributed by atoms with E-state index < -0.39 is 0 Å². The highest BCUT2D eigenvalue weighted by atomic mass is 35.5. The van der Waals surface area contributed by atoms with E-state index in [-0.39, 0.29) is 17.9 Å². The lowest BCUT2D eigenvalue weighted by molar-refractivity contribution is -0.131. The van der Waals surface area contributed by atoms with Crippen LogP contribution < -0.4 is 5.32 Å². The Balaban J connectivity index is 1.58. The molecular weight excluding hydrogens is 404 g/mol. The zero-order valence-electron chi connectivity index (χ0n) is 18.8. The molecule has 0 spiro atoms. The van der Waals surface area contributed by atoms with Gasteiger partial charge < -0.3 is 10.2 Å². The maximum atomic E-state index is 13.1. The van der Waals surface area contributed by atoms with Crippen LogP contribution in [0.5, 0.6) is 0 Å². The summed E-state index contributed by atoms with van der Waals surface area (Å²) in [5, 5.41) is 4.19. The first-order chi connectivity index (χ1) is 14.9. The third kappa shape index (κ3) is 5.59. The van der Waals surface area contributed by atoms with Gasteiger partial charge in [0.15, 0.2) is 0 Å². The van der Waals surface area contributed by atoms with E-state index in [1.165, 1.54) is 22.3 Å². The van der Waals surface area contributed by atoms with Crippen molar-refractivity contribution in [2.45, 2.75) is 46.1 Å². The van der Waals surface area contributed by atoms with Gasteiger partial charge in [-0.15, -0.1) is 0 Å². The van der Waals surface area contributed by atoms with Crippen molar-refractivity contribution in [3.8, 4) is 0 Å². The molecule has 0 radical (unpaired) electrons. The number of allylic oxidation sites excluding steroid dienone is 1. The van der Waals surface area contributed by atoms with Crippen LogP contribution in [-0.2, 0) is 4.79 Å². The van der Waals surface area contributed by atoms with Crippen LogP contribution in [0.15, 0.2) is 66.9 Å². The number of rotatable bonds is 9. The fourth-order valence-corrected chi connectivity index (χ4v) is 4.51. The van der Waals surface area contributed by atoms with Crippen molar-refractivity contribution in [1.29, 1.82) is 0 Å². The van der Waals surface area contributed by atoms with Crippen LogP contribution in [0.25, 0.3) is 5.57 Å². The molecule has 1 amide bonds. The molecule has 1 saturated heterocycles. The number of aryl methyl sites for hydroxylation is 1. The molecule has 1 aliphatic rings.